The molecule has 3 aliphatic rings. The summed E-state index contributed by atoms with van der Waals surface area (Å²) in [6.45, 7) is 0. The van der Waals surface area contributed by atoms with Crippen LogP contribution in [0, 0.1) is 17.8 Å². The van der Waals surface area contributed by atoms with E-state index in [0.717, 1.165) is 0 Å². The molecule has 0 saturated heterocycles. The minimum atomic E-state index is -1.13. The maximum Gasteiger partial charge on any atom is 0.255 e. The molecule has 3 atom stereocenters. The highest BCUT2D eigenvalue weighted by Gasteiger charge is 2.50. The van der Waals surface area contributed by atoms with E-state index in [-0.39, 0.29) is 29.1 Å². The molecule has 3 unspecified atom stereocenters. The summed E-state index contributed by atoms with van der Waals surface area (Å²) in [7, 11) is 0. The standard InChI is InChI=1S/C22H18N2O7/c23-22(30)18-14(26)5-9-3-8-4-12-11(10-6-24-31-7-10)1-2-13(25)17(12)20(28)15(8)19(27)16(9)21(18)29/h1-2,6-9,16,25,28-29H,3-5H2,(H2,23,30). The Kier molecular flexibility index (Phi) is 4.04. The van der Waals surface area contributed by atoms with Gasteiger partial charge in [-0.1, -0.05) is 11.2 Å². The lowest BCUT2D eigenvalue weighted by Gasteiger charge is -2.41. The molecule has 0 aliphatic heterocycles. The number of benzene rings is 1. The molecule has 5 N–H and O–H groups in total. The second kappa shape index (κ2) is 6.56. The Balaban J connectivity index is 1.68. The second-order valence-corrected chi connectivity index (χ2v) is 8.15. The topological polar surface area (TPSA) is 164 Å². The zero-order chi connectivity index (χ0) is 22.0. The summed E-state index contributed by atoms with van der Waals surface area (Å²) < 4.78 is 4.92. The van der Waals surface area contributed by atoms with Crippen molar-refractivity contribution in [2.45, 2.75) is 19.3 Å². The van der Waals surface area contributed by atoms with Crippen LogP contribution in [0.3, 0.4) is 0 Å². The molecule has 2 aromatic rings. The van der Waals surface area contributed by atoms with Gasteiger partial charge in [-0.25, -0.2) is 0 Å². The maximum absolute atomic E-state index is 13.3. The average molecular weight is 422 g/mol. The largest absolute Gasteiger partial charge is 0.511 e. The zero-order valence-electron chi connectivity index (χ0n) is 16.2. The average Bonchev–Trinajstić information content (AvgIpc) is 3.21. The third-order valence-corrected chi connectivity index (χ3v) is 6.52. The Morgan fingerprint density at radius 1 is 1.16 bits per heavy atom. The summed E-state index contributed by atoms with van der Waals surface area (Å²) in [5, 5.41) is 35.7. The molecule has 9 nitrogen and oxygen atoms in total. The molecular weight excluding hydrogens is 404 g/mol. The number of hydrogen-bond acceptors (Lipinski definition) is 8. The molecule has 0 spiro atoms. The van der Waals surface area contributed by atoms with E-state index in [4.69, 9.17) is 10.3 Å². The molecule has 0 bridgehead atoms. The molecule has 1 aromatic heterocycles. The number of aromatic hydroxyl groups is 1. The van der Waals surface area contributed by atoms with Gasteiger partial charge in [-0.2, -0.15) is 0 Å². The van der Waals surface area contributed by atoms with Crippen molar-refractivity contribution in [3.63, 3.8) is 0 Å². The van der Waals surface area contributed by atoms with Gasteiger partial charge in [-0.3, -0.25) is 14.4 Å². The van der Waals surface area contributed by atoms with Crippen LogP contribution in [-0.2, 0) is 20.8 Å². The number of allylic oxidation sites excluding steroid dienone is 2. The first-order chi connectivity index (χ1) is 14.8. The van der Waals surface area contributed by atoms with Crippen LogP contribution in [-0.4, -0.2) is 37.9 Å². The quantitative estimate of drug-likeness (QED) is 0.533. The highest BCUT2D eigenvalue weighted by Crippen LogP contribution is 2.51. The number of nitrogens with two attached hydrogens (primary N) is 1. The number of ketones is 2. The molecule has 1 amide bonds. The van der Waals surface area contributed by atoms with Crippen LogP contribution in [0.5, 0.6) is 5.75 Å². The van der Waals surface area contributed by atoms with E-state index in [1.165, 1.54) is 18.5 Å². The number of nitrogens with zero attached hydrogens (tertiary/aromatic N) is 1. The number of aliphatic hydroxyl groups excluding tert-OH is 2. The Bertz CT molecular complexity index is 1220. The van der Waals surface area contributed by atoms with E-state index >= 15 is 0 Å². The highest BCUT2D eigenvalue weighted by atomic mass is 16.5. The third-order valence-electron chi connectivity index (χ3n) is 6.52. The number of amides is 1. The van der Waals surface area contributed by atoms with Crippen molar-refractivity contribution in [1.82, 2.24) is 5.16 Å². The van der Waals surface area contributed by atoms with E-state index < -0.39 is 46.6 Å². The number of aromatic nitrogens is 1. The molecular formula is C22H18N2O7. The van der Waals surface area contributed by atoms with Crippen molar-refractivity contribution < 1.29 is 34.2 Å². The lowest BCUT2D eigenvalue weighted by molar-refractivity contribution is -0.127. The van der Waals surface area contributed by atoms with E-state index in [9.17, 15) is 29.7 Å². The molecule has 1 fully saturated rings. The lowest BCUT2D eigenvalue weighted by Crippen LogP contribution is -2.44. The fraction of sp³-hybridized carbons (Fsp3) is 0.273. The van der Waals surface area contributed by atoms with Gasteiger partial charge in [-0.15, -0.1) is 0 Å². The van der Waals surface area contributed by atoms with Gasteiger partial charge in [0.05, 0.1) is 17.7 Å². The number of hydrogen-bond donors (Lipinski definition) is 4. The van der Waals surface area contributed by atoms with Crippen LogP contribution < -0.4 is 5.73 Å². The fourth-order valence-electron chi connectivity index (χ4n) is 5.25. The number of aliphatic hydroxyl groups is 2. The first kappa shape index (κ1) is 19.1. The van der Waals surface area contributed by atoms with Gasteiger partial charge in [0.1, 0.15) is 29.1 Å². The molecule has 0 radical (unpaired) electrons. The van der Waals surface area contributed by atoms with Crippen molar-refractivity contribution in [3.05, 3.63) is 52.6 Å². The van der Waals surface area contributed by atoms with E-state index in [1.807, 2.05) is 0 Å². The van der Waals surface area contributed by atoms with Crippen LogP contribution in [0.2, 0.25) is 0 Å². The number of Topliss-reactive ketones (excluding diaryl/α,β-unsaturated/α-hetero) is 2. The van der Waals surface area contributed by atoms with E-state index in [2.05, 4.69) is 5.16 Å². The lowest BCUT2D eigenvalue weighted by atomic mass is 9.61. The number of phenolic OH excluding ortho intramolecular Hbond substituents is 1. The van der Waals surface area contributed by atoms with E-state index in [1.54, 1.807) is 6.07 Å². The Labute approximate surface area is 175 Å². The number of rotatable bonds is 2. The first-order valence-corrected chi connectivity index (χ1v) is 9.78. The summed E-state index contributed by atoms with van der Waals surface area (Å²) in [6, 6.07) is 3.10. The van der Waals surface area contributed by atoms with Gasteiger partial charge in [0.25, 0.3) is 5.91 Å². The van der Waals surface area contributed by atoms with Crippen LogP contribution in [0.25, 0.3) is 16.9 Å². The number of fused-ring (bicyclic) bond motifs is 3. The van der Waals surface area contributed by atoms with Crippen molar-refractivity contribution in [2.24, 2.45) is 23.5 Å². The third kappa shape index (κ3) is 2.62. The predicted octanol–water partition coefficient (Wildman–Crippen LogP) is 1.96. The number of carbonyl (C=O) groups is 3. The summed E-state index contributed by atoms with van der Waals surface area (Å²) in [6.07, 6.45) is 3.54. The Morgan fingerprint density at radius 2 is 1.94 bits per heavy atom. The molecule has 1 aromatic carbocycles. The monoisotopic (exact) mass is 422 g/mol. The summed E-state index contributed by atoms with van der Waals surface area (Å²) in [5.74, 6) is -5.48. The van der Waals surface area contributed by atoms with Crippen LogP contribution in [0.4, 0.5) is 0 Å². The van der Waals surface area contributed by atoms with Gasteiger partial charge in [0.15, 0.2) is 11.6 Å². The molecule has 158 valence electrons. The van der Waals surface area contributed by atoms with Crippen molar-refractivity contribution in [3.8, 4) is 16.9 Å². The molecule has 9 heteroatoms. The Morgan fingerprint density at radius 3 is 2.61 bits per heavy atom. The van der Waals surface area contributed by atoms with Crippen molar-refractivity contribution in [1.29, 1.82) is 0 Å². The first-order valence-electron chi connectivity index (χ1n) is 9.78. The van der Waals surface area contributed by atoms with Gasteiger partial charge in [0, 0.05) is 17.6 Å². The normalized spacial score (nSPS) is 25.2. The fourth-order valence-corrected chi connectivity index (χ4v) is 5.25. The summed E-state index contributed by atoms with van der Waals surface area (Å²) in [5.41, 5.74) is 6.89. The predicted molar refractivity (Wildman–Crippen MR) is 105 cm³/mol. The molecule has 1 heterocycles. The molecule has 3 aliphatic carbocycles. The van der Waals surface area contributed by atoms with Crippen molar-refractivity contribution >= 4 is 23.2 Å². The van der Waals surface area contributed by atoms with Gasteiger partial charge < -0.3 is 25.6 Å². The molecule has 1 saturated carbocycles. The Hall–Kier alpha value is -3.88. The minimum Gasteiger partial charge on any atom is -0.511 e. The summed E-state index contributed by atoms with van der Waals surface area (Å²) >= 11 is 0. The SMILES string of the molecule is NC(=O)C1=C(O)C2C(=O)C3=C(O)c4c(O)ccc(-c5cnoc5)c4CC3CC2CC1=O. The van der Waals surface area contributed by atoms with Crippen LogP contribution in [0.15, 0.2) is 46.0 Å². The van der Waals surface area contributed by atoms with Gasteiger partial charge >= 0.3 is 0 Å². The maximum atomic E-state index is 13.3. The number of carbonyl (C=O) groups excluding carboxylic acids is 3. The van der Waals surface area contributed by atoms with Crippen LogP contribution >= 0.6 is 0 Å². The minimum absolute atomic E-state index is 0.0799. The second-order valence-electron chi connectivity index (χ2n) is 8.15. The highest BCUT2D eigenvalue weighted by molar-refractivity contribution is 6.21. The van der Waals surface area contributed by atoms with Crippen molar-refractivity contribution in [2.75, 3.05) is 0 Å². The molecule has 31 heavy (non-hydrogen) atoms. The smallest absolute Gasteiger partial charge is 0.255 e. The molecule has 5 rings (SSSR count). The van der Waals surface area contributed by atoms with Gasteiger partial charge in [-0.05, 0) is 41.9 Å². The summed E-state index contributed by atoms with van der Waals surface area (Å²) in [4.78, 5) is 37.3. The zero-order valence-corrected chi connectivity index (χ0v) is 16.2. The van der Waals surface area contributed by atoms with Crippen LogP contribution in [0.1, 0.15) is 24.0 Å². The van der Waals surface area contributed by atoms with E-state index in [0.29, 0.717) is 29.5 Å². The van der Waals surface area contributed by atoms with Gasteiger partial charge in [0.2, 0.25) is 0 Å². The number of phenols is 1. The number of primary amides is 1.